The first-order valence-corrected chi connectivity index (χ1v) is 8.84. The summed E-state index contributed by atoms with van der Waals surface area (Å²) in [4.78, 5) is 0. The lowest BCUT2D eigenvalue weighted by atomic mass is 10.5. The minimum atomic E-state index is 0.440. The average molecular weight is 376 g/mol. The first-order chi connectivity index (χ1) is 12.8. The molecular formula is C16H32N4O6. The Kier molecular flexibility index (Phi) is 15.2. The van der Waals surface area contributed by atoms with E-state index in [1.807, 2.05) is 13.2 Å². The molecule has 1 aromatic heterocycles. The number of nitrogens with zero attached hydrogens (tertiary/aromatic N) is 3. The monoisotopic (exact) mass is 376 g/mol. The quantitative estimate of drug-likeness (QED) is 0.315. The first kappa shape index (κ1) is 22.9. The second-order valence-corrected chi connectivity index (χ2v) is 5.29. The molecule has 0 bridgehead atoms. The highest BCUT2D eigenvalue weighted by molar-refractivity contribution is 4.88. The van der Waals surface area contributed by atoms with Crippen LogP contribution in [0.2, 0.25) is 0 Å². The molecule has 0 saturated carbocycles. The van der Waals surface area contributed by atoms with Gasteiger partial charge in [-0.05, 0) is 0 Å². The van der Waals surface area contributed by atoms with Gasteiger partial charge in [-0.2, -0.15) is 0 Å². The van der Waals surface area contributed by atoms with Crippen molar-refractivity contribution in [2.45, 2.75) is 6.61 Å². The highest BCUT2D eigenvalue weighted by Crippen LogP contribution is 1.94. The van der Waals surface area contributed by atoms with Gasteiger partial charge in [-0.25, -0.2) is 0 Å². The summed E-state index contributed by atoms with van der Waals surface area (Å²) in [5.74, 6) is 0. The normalized spacial score (nSPS) is 11.3. The molecule has 0 aliphatic heterocycles. The van der Waals surface area contributed by atoms with Crippen LogP contribution in [0.25, 0.3) is 0 Å². The van der Waals surface area contributed by atoms with Gasteiger partial charge in [-0.1, -0.05) is 5.21 Å². The van der Waals surface area contributed by atoms with E-state index >= 15 is 0 Å². The second kappa shape index (κ2) is 17.3. The largest absolute Gasteiger partial charge is 0.378 e. The van der Waals surface area contributed by atoms with Crippen LogP contribution in [-0.4, -0.2) is 94.2 Å². The third-order valence-electron chi connectivity index (χ3n) is 3.02. The Morgan fingerprint density at radius 1 is 0.731 bits per heavy atom. The van der Waals surface area contributed by atoms with Gasteiger partial charge in [0.05, 0.1) is 85.5 Å². The van der Waals surface area contributed by atoms with Crippen LogP contribution in [0, 0.1) is 0 Å². The van der Waals surface area contributed by atoms with Crippen molar-refractivity contribution >= 4 is 0 Å². The zero-order valence-corrected chi connectivity index (χ0v) is 15.6. The molecular weight excluding hydrogens is 344 g/mol. The molecule has 0 fully saturated rings. The van der Waals surface area contributed by atoms with E-state index in [9.17, 15) is 0 Å². The Labute approximate surface area is 154 Å². The maximum Gasteiger partial charge on any atom is 0.108 e. The van der Waals surface area contributed by atoms with E-state index in [0.29, 0.717) is 85.8 Å². The van der Waals surface area contributed by atoms with Gasteiger partial charge in [0, 0.05) is 13.6 Å². The maximum absolute atomic E-state index is 5.43. The molecule has 0 aliphatic carbocycles. The summed E-state index contributed by atoms with van der Waals surface area (Å²) >= 11 is 0. The van der Waals surface area contributed by atoms with E-state index in [2.05, 4.69) is 10.3 Å². The smallest absolute Gasteiger partial charge is 0.108 e. The molecule has 26 heavy (non-hydrogen) atoms. The summed E-state index contributed by atoms with van der Waals surface area (Å²) < 4.78 is 33.8. The predicted octanol–water partition coefficient (Wildman–Crippen LogP) is -0.627. The number of rotatable bonds is 19. The fourth-order valence-electron chi connectivity index (χ4n) is 1.82. The lowest BCUT2D eigenvalue weighted by Crippen LogP contribution is -2.15. The maximum atomic E-state index is 5.43. The van der Waals surface area contributed by atoms with Crippen molar-refractivity contribution in [1.82, 2.24) is 15.0 Å². The van der Waals surface area contributed by atoms with Gasteiger partial charge >= 0.3 is 0 Å². The number of hydrogen-bond donors (Lipinski definition) is 1. The van der Waals surface area contributed by atoms with Crippen LogP contribution in [0.1, 0.15) is 5.69 Å². The first-order valence-electron chi connectivity index (χ1n) is 8.84. The Morgan fingerprint density at radius 3 is 1.54 bits per heavy atom. The van der Waals surface area contributed by atoms with Gasteiger partial charge in [0.1, 0.15) is 5.69 Å². The molecule has 1 heterocycles. The molecule has 10 heteroatoms. The molecule has 0 radical (unpaired) electrons. The van der Waals surface area contributed by atoms with E-state index in [0.717, 1.165) is 5.69 Å². The zero-order chi connectivity index (χ0) is 18.7. The molecule has 1 rings (SSSR count). The number of aryl methyl sites for hydroxylation is 1. The van der Waals surface area contributed by atoms with Crippen molar-refractivity contribution in [3.8, 4) is 0 Å². The van der Waals surface area contributed by atoms with E-state index in [-0.39, 0.29) is 0 Å². The Hall–Kier alpha value is -1.14. The molecule has 0 saturated heterocycles. The highest BCUT2D eigenvalue weighted by atomic mass is 16.6. The predicted molar refractivity (Wildman–Crippen MR) is 93.8 cm³/mol. The van der Waals surface area contributed by atoms with Crippen LogP contribution in [-0.2, 0) is 42.1 Å². The molecule has 0 aromatic carbocycles. The molecule has 0 spiro atoms. The van der Waals surface area contributed by atoms with Crippen molar-refractivity contribution in [3.05, 3.63) is 11.9 Å². The third kappa shape index (κ3) is 14.1. The topological polar surface area (TPSA) is 112 Å². The SMILES string of the molecule is Cn1cc(COCCOCCOCCOCCOCCOCCN)nn1. The summed E-state index contributed by atoms with van der Waals surface area (Å²) in [6, 6.07) is 0. The van der Waals surface area contributed by atoms with Crippen LogP contribution in [0.3, 0.4) is 0 Å². The Morgan fingerprint density at radius 2 is 1.15 bits per heavy atom. The molecule has 0 amide bonds. The lowest BCUT2D eigenvalue weighted by molar-refractivity contribution is -0.0175. The molecule has 0 aliphatic rings. The van der Waals surface area contributed by atoms with Crippen molar-refractivity contribution in [3.63, 3.8) is 0 Å². The fourth-order valence-corrected chi connectivity index (χ4v) is 1.82. The molecule has 10 nitrogen and oxygen atoms in total. The molecule has 152 valence electrons. The summed E-state index contributed by atoms with van der Waals surface area (Å²) in [7, 11) is 1.82. The number of aromatic nitrogens is 3. The fraction of sp³-hybridized carbons (Fsp3) is 0.875. The van der Waals surface area contributed by atoms with E-state index in [1.54, 1.807) is 4.68 Å². The van der Waals surface area contributed by atoms with Gasteiger partial charge in [0.2, 0.25) is 0 Å². The molecule has 2 N–H and O–H groups in total. The Balaban J connectivity index is 1.68. The Bertz CT molecular complexity index is 421. The highest BCUT2D eigenvalue weighted by Gasteiger charge is 1.98. The van der Waals surface area contributed by atoms with Crippen molar-refractivity contribution in [2.75, 3.05) is 79.2 Å². The summed E-state index contributed by atoms with van der Waals surface area (Å²) in [5.41, 5.74) is 6.11. The van der Waals surface area contributed by atoms with Gasteiger partial charge in [0.25, 0.3) is 0 Å². The van der Waals surface area contributed by atoms with E-state index < -0.39 is 0 Å². The van der Waals surface area contributed by atoms with Crippen molar-refractivity contribution in [2.24, 2.45) is 12.8 Å². The number of hydrogen-bond acceptors (Lipinski definition) is 9. The van der Waals surface area contributed by atoms with Crippen LogP contribution >= 0.6 is 0 Å². The minimum Gasteiger partial charge on any atom is -0.378 e. The number of ether oxygens (including phenoxy) is 6. The van der Waals surface area contributed by atoms with E-state index in [1.165, 1.54) is 0 Å². The molecule has 1 aromatic rings. The summed E-state index contributed by atoms with van der Waals surface area (Å²) in [5, 5.41) is 7.76. The van der Waals surface area contributed by atoms with Crippen LogP contribution in [0.4, 0.5) is 0 Å². The number of nitrogens with two attached hydrogens (primary N) is 1. The van der Waals surface area contributed by atoms with Crippen LogP contribution in [0.15, 0.2) is 6.20 Å². The zero-order valence-electron chi connectivity index (χ0n) is 15.6. The second-order valence-electron chi connectivity index (χ2n) is 5.29. The summed E-state index contributed by atoms with van der Waals surface area (Å²) in [6.45, 7) is 6.90. The lowest BCUT2D eigenvalue weighted by Gasteiger charge is -2.08. The van der Waals surface area contributed by atoms with Gasteiger partial charge in [-0.15, -0.1) is 5.10 Å². The molecule has 0 atom stereocenters. The van der Waals surface area contributed by atoms with Crippen LogP contribution in [0.5, 0.6) is 0 Å². The summed E-state index contributed by atoms with van der Waals surface area (Å²) in [6.07, 6.45) is 1.82. The molecule has 0 unspecified atom stereocenters. The van der Waals surface area contributed by atoms with Crippen molar-refractivity contribution in [1.29, 1.82) is 0 Å². The van der Waals surface area contributed by atoms with Crippen LogP contribution < -0.4 is 5.73 Å². The third-order valence-corrected chi connectivity index (χ3v) is 3.02. The van der Waals surface area contributed by atoms with E-state index in [4.69, 9.17) is 34.2 Å². The van der Waals surface area contributed by atoms with Gasteiger partial charge < -0.3 is 34.2 Å². The standard InChI is InChI=1S/C16H32N4O6/c1-20-14-16(18-19-20)15-26-13-12-25-11-10-24-9-8-23-7-6-22-5-4-21-3-2-17/h14H,2-13,15,17H2,1H3. The van der Waals surface area contributed by atoms with Gasteiger partial charge in [0.15, 0.2) is 0 Å². The average Bonchev–Trinajstić information content (AvgIpc) is 3.06. The minimum absolute atomic E-state index is 0.440. The van der Waals surface area contributed by atoms with Gasteiger partial charge in [-0.3, -0.25) is 4.68 Å². The van der Waals surface area contributed by atoms with Crippen molar-refractivity contribution < 1.29 is 28.4 Å².